The highest BCUT2D eigenvalue weighted by Gasteiger charge is 2.25. The third-order valence-electron chi connectivity index (χ3n) is 3.96. The van der Waals surface area contributed by atoms with E-state index in [0.717, 1.165) is 5.56 Å². The average molecular weight is 442 g/mol. The summed E-state index contributed by atoms with van der Waals surface area (Å²) in [6.45, 7) is 10.6. The number of aromatic nitrogens is 1. The Morgan fingerprint density at radius 1 is 0.938 bits per heavy atom. The van der Waals surface area contributed by atoms with Crippen LogP contribution in [0.2, 0.25) is 0 Å². The van der Waals surface area contributed by atoms with Crippen LogP contribution in [0.5, 0.6) is 0 Å². The molecular weight excluding hydrogens is 410 g/mol. The number of carbonyl (C=O) groups excluding carboxylic acids is 3. The third kappa shape index (κ3) is 8.75. The molecule has 32 heavy (non-hydrogen) atoms. The van der Waals surface area contributed by atoms with Gasteiger partial charge in [-0.05, 0) is 77.4 Å². The average Bonchev–Trinajstić information content (AvgIpc) is 2.66. The first-order valence-electron chi connectivity index (χ1n) is 10.3. The number of ether oxygens (including phenoxy) is 2. The summed E-state index contributed by atoms with van der Waals surface area (Å²) in [7, 11) is 0. The van der Waals surface area contributed by atoms with Gasteiger partial charge in [0.2, 0.25) is 5.91 Å². The molecule has 0 saturated heterocycles. The number of rotatable bonds is 6. The predicted molar refractivity (Wildman–Crippen MR) is 121 cm³/mol. The summed E-state index contributed by atoms with van der Waals surface area (Å²) in [5.74, 6) is -0.874. The number of anilines is 1. The van der Waals surface area contributed by atoms with Crippen LogP contribution >= 0.6 is 0 Å². The van der Waals surface area contributed by atoms with Crippen LogP contribution in [0.15, 0.2) is 48.8 Å². The molecule has 1 atom stereocenters. The summed E-state index contributed by atoms with van der Waals surface area (Å²) in [4.78, 5) is 41.4. The van der Waals surface area contributed by atoms with Gasteiger partial charge < -0.3 is 20.1 Å². The summed E-state index contributed by atoms with van der Waals surface area (Å²) in [5.41, 5.74) is 0.332. The van der Waals surface area contributed by atoms with Crippen LogP contribution in [-0.4, -0.2) is 40.2 Å². The zero-order chi connectivity index (χ0) is 23.9. The Kier molecular flexibility index (Phi) is 7.97. The van der Waals surface area contributed by atoms with E-state index in [1.165, 1.54) is 0 Å². The number of nitrogens with one attached hydrogen (secondary N) is 2. The standard InChI is InChI=1S/C24H31N3O5/c1-23(2,3)31-21(29)17-9-11-18(12-10-17)26-20(28)19(14-16-8-7-13-25-15-16)27-22(30)32-24(4,5)6/h7-13,15,19H,14H2,1-6H3,(H,26,28)(H,27,30)/t19-/m0/s1. The van der Waals surface area contributed by atoms with Crippen LogP contribution < -0.4 is 10.6 Å². The predicted octanol–water partition coefficient (Wildman–Crippen LogP) is 4.11. The second-order valence-corrected chi connectivity index (χ2v) is 9.33. The van der Waals surface area contributed by atoms with Crippen LogP contribution in [0.4, 0.5) is 10.5 Å². The number of nitrogens with zero attached hydrogens (tertiary/aromatic N) is 1. The van der Waals surface area contributed by atoms with E-state index in [9.17, 15) is 14.4 Å². The van der Waals surface area contributed by atoms with Crippen LogP contribution in [0.25, 0.3) is 0 Å². The Balaban J connectivity index is 2.11. The number of hydrogen-bond acceptors (Lipinski definition) is 6. The molecule has 8 heteroatoms. The number of pyridine rings is 1. The first-order valence-corrected chi connectivity index (χ1v) is 10.3. The Morgan fingerprint density at radius 3 is 2.09 bits per heavy atom. The smallest absolute Gasteiger partial charge is 0.408 e. The molecule has 0 unspecified atom stereocenters. The number of amides is 2. The van der Waals surface area contributed by atoms with E-state index in [4.69, 9.17) is 9.47 Å². The lowest BCUT2D eigenvalue weighted by Crippen LogP contribution is -2.47. The Labute approximate surface area is 188 Å². The fourth-order valence-electron chi connectivity index (χ4n) is 2.67. The van der Waals surface area contributed by atoms with Gasteiger partial charge in [0.15, 0.2) is 0 Å². The minimum Gasteiger partial charge on any atom is -0.456 e. The molecule has 2 N–H and O–H groups in total. The van der Waals surface area contributed by atoms with E-state index in [1.807, 2.05) is 6.07 Å². The van der Waals surface area contributed by atoms with Gasteiger partial charge in [-0.15, -0.1) is 0 Å². The molecule has 0 spiro atoms. The molecule has 8 nitrogen and oxygen atoms in total. The fourth-order valence-corrected chi connectivity index (χ4v) is 2.67. The Morgan fingerprint density at radius 2 is 1.56 bits per heavy atom. The van der Waals surface area contributed by atoms with Crippen molar-refractivity contribution in [1.82, 2.24) is 10.3 Å². The second-order valence-electron chi connectivity index (χ2n) is 9.33. The van der Waals surface area contributed by atoms with Crippen LogP contribution in [-0.2, 0) is 20.7 Å². The van der Waals surface area contributed by atoms with E-state index in [2.05, 4.69) is 15.6 Å². The molecule has 1 aromatic heterocycles. The maximum atomic E-state index is 12.9. The highest BCUT2D eigenvalue weighted by Crippen LogP contribution is 2.16. The van der Waals surface area contributed by atoms with Gasteiger partial charge in [0.05, 0.1) is 5.56 Å². The molecule has 2 amide bonds. The van der Waals surface area contributed by atoms with Gasteiger partial charge >= 0.3 is 12.1 Å². The molecule has 0 radical (unpaired) electrons. The summed E-state index contributed by atoms with van der Waals surface area (Å²) in [5, 5.41) is 5.39. The highest BCUT2D eigenvalue weighted by molar-refractivity contribution is 5.97. The topological polar surface area (TPSA) is 107 Å². The van der Waals surface area contributed by atoms with Gasteiger partial charge in [-0.25, -0.2) is 9.59 Å². The summed E-state index contributed by atoms with van der Waals surface area (Å²) in [6, 6.07) is 9.03. The van der Waals surface area contributed by atoms with E-state index < -0.39 is 35.2 Å². The quantitative estimate of drug-likeness (QED) is 0.654. The van der Waals surface area contributed by atoms with E-state index in [1.54, 1.807) is 84.3 Å². The van der Waals surface area contributed by atoms with Gasteiger partial charge in [0.1, 0.15) is 17.2 Å². The largest absolute Gasteiger partial charge is 0.456 e. The number of benzene rings is 1. The van der Waals surface area contributed by atoms with Crippen LogP contribution in [0.1, 0.15) is 57.5 Å². The van der Waals surface area contributed by atoms with Crippen molar-refractivity contribution in [3.05, 3.63) is 59.9 Å². The molecule has 2 aromatic rings. The number of esters is 1. The molecule has 0 saturated carbocycles. The van der Waals surface area contributed by atoms with Crippen LogP contribution in [0, 0.1) is 0 Å². The molecule has 1 heterocycles. The van der Waals surface area contributed by atoms with Crippen molar-refractivity contribution in [2.24, 2.45) is 0 Å². The molecule has 172 valence electrons. The van der Waals surface area contributed by atoms with Gasteiger partial charge in [0.25, 0.3) is 0 Å². The maximum Gasteiger partial charge on any atom is 0.408 e. The number of hydrogen-bond donors (Lipinski definition) is 2. The Hall–Kier alpha value is -3.42. The monoisotopic (exact) mass is 441 g/mol. The molecule has 0 aliphatic carbocycles. The molecule has 1 aromatic carbocycles. The van der Waals surface area contributed by atoms with Crippen molar-refractivity contribution in [3.8, 4) is 0 Å². The number of alkyl carbamates (subject to hydrolysis) is 1. The van der Waals surface area contributed by atoms with Crippen molar-refractivity contribution in [2.45, 2.75) is 65.2 Å². The fraction of sp³-hybridized carbons (Fsp3) is 0.417. The summed E-state index contributed by atoms with van der Waals surface area (Å²) in [6.07, 6.45) is 2.80. The van der Waals surface area contributed by atoms with Crippen molar-refractivity contribution in [3.63, 3.8) is 0 Å². The summed E-state index contributed by atoms with van der Waals surface area (Å²) < 4.78 is 10.6. The van der Waals surface area contributed by atoms with E-state index >= 15 is 0 Å². The molecule has 0 aliphatic rings. The van der Waals surface area contributed by atoms with Crippen molar-refractivity contribution in [1.29, 1.82) is 0 Å². The molecular formula is C24H31N3O5. The Bertz CT molecular complexity index is 929. The molecule has 2 rings (SSSR count). The minimum atomic E-state index is -0.889. The lowest BCUT2D eigenvalue weighted by molar-refractivity contribution is -0.118. The number of carbonyl (C=O) groups is 3. The van der Waals surface area contributed by atoms with Crippen LogP contribution in [0.3, 0.4) is 0 Å². The van der Waals surface area contributed by atoms with Crippen molar-refractivity contribution >= 4 is 23.7 Å². The maximum absolute atomic E-state index is 12.9. The SMILES string of the molecule is CC(C)(C)OC(=O)N[C@@H](Cc1cccnc1)C(=O)Nc1ccc(C(=O)OC(C)(C)C)cc1. The van der Waals surface area contributed by atoms with Gasteiger partial charge in [-0.3, -0.25) is 9.78 Å². The van der Waals surface area contributed by atoms with Crippen molar-refractivity contribution < 1.29 is 23.9 Å². The van der Waals surface area contributed by atoms with Gasteiger partial charge in [0, 0.05) is 24.5 Å². The van der Waals surface area contributed by atoms with Crippen molar-refractivity contribution in [2.75, 3.05) is 5.32 Å². The summed E-state index contributed by atoms with van der Waals surface area (Å²) >= 11 is 0. The second kappa shape index (κ2) is 10.3. The van der Waals surface area contributed by atoms with E-state index in [0.29, 0.717) is 11.3 Å². The highest BCUT2D eigenvalue weighted by atomic mass is 16.6. The normalized spacial score (nSPS) is 12.4. The molecule has 0 aliphatic heterocycles. The zero-order valence-electron chi connectivity index (χ0n) is 19.4. The molecule has 0 bridgehead atoms. The van der Waals surface area contributed by atoms with Gasteiger partial charge in [-0.2, -0.15) is 0 Å². The minimum absolute atomic E-state index is 0.231. The van der Waals surface area contributed by atoms with E-state index in [-0.39, 0.29) is 6.42 Å². The zero-order valence-corrected chi connectivity index (χ0v) is 19.4. The lowest BCUT2D eigenvalue weighted by atomic mass is 10.1. The lowest BCUT2D eigenvalue weighted by Gasteiger charge is -2.23. The first-order chi connectivity index (χ1) is 14.8. The first kappa shape index (κ1) is 24.8. The van der Waals surface area contributed by atoms with Gasteiger partial charge in [-0.1, -0.05) is 6.07 Å². The molecule has 0 fully saturated rings. The third-order valence-corrected chi connectivity index (χ3v) is 3.96.